The number of nitrogens with one attached hydrogen (secondary N) is 1. The van der Waals surface area contributed by atoms with Crippen LogP contribution in [0.25, 0.3) is 0 Å². The molecule has 1 N–H and O–H groups in total. The second-order valence-electron chi connectivity index (χ2n) is 3.84. The largest absolute Gasteiger partial charge is 0.351 e. The predicted molar refractivity (Wildman–Crippen MR) is 77.4 cm³/mol. The first-order chi connectivity index (χ1) is 8.74. The quantitative estimate of drug-likeness (QED) is 0.701. The molecule has 0 bridgehead atoms. The molecule has 0 amide bonds. The molecule has 0 radical (unpaired) electrons. The van der Waals surface area contributed by atoms with Crippen molar-refractivity contribution in [2.45, 2.75) is 39.5 Å². The lowest BCUT2D eigenvalue weighted by Crippen LogP contribution is -2.36. The minimum Gasteiger partial charge on any atom is -0.351 e. The van der Waals surface area contributed by atoms with Gasteiger partial charge in [0.05, 0.1) is 11.1 Å². The molecule has 104 valence electrons. The smallest absolute Gasteiger partial charge is 0.177 e. The standard InChI is InChI=1S/C13H22ClNO2S/c1-4-8-15-11(12-10(14)7-9-18-12)13(16-5-2)17-6-3/h7,9,11,13,15H,4-6,8H2,1-3H3. The molecule has 0 spiro atoms. The normalized spacial score (nSPS) is 13.2. The fraction of sp³-hybridized carbons (Fsp3) is 0.692. The fourth-order valence-electron chi connectivity index (χ4n) is 1.71. The minimum absolute atomic E-state index is 0.00245. The third-order valence-electron chi connectivity index (χ3n) is 2.48. The van der Waals surface area contributed by atoms with Crippen LogP contribution in [-0.4, -0.2) is 26.0 Å². The van der Waals surface area contributed by atoms with Crippen LogP contribution in [0, 0.1) is 0 Å². The first kappa shape index (κ1) is 15.9. The van der Waals surface area contributed by atoms with E-state index in [0.717, 1.165) is 22.9 Å². The maximum Gasteiger partial charge on any atom is 0.177 e. The average Bonchev–Trinajstić information content (AvgIpc) is 2.77. The van der Waals surface area contributed by atoms with Crippen molar-refractivity contribution < 1.29 is 9.47 Å². The van der Waals surface area contributed by atoms with E-state index in [1.54, 1.807) is 11.3 Å². The van der Waals surface area contributed by atoms with Gasteiger partial charge in [0.1, 0.15) is 0 Å². The molecule has 0 aromatic carbocycles. The topological polar surface area (TPSA) is 30.5 Å². The Kier molecular flexibility index (Phi) is 7.86. The maximum absolute atomic E-state index is 6.22. The highest BCUT2D eigenvalue weighted by Gasteiger charge is 2.26. The Morgan fingerprint density at radius 2 is 1.94 bits per heavy atom. The summed E-state index contributed by atoms with van der Waals surface area (Å²) in [6.45, 7) is 8.24. The Balaban J connectivity index is 2.84. The van der Waals surface area contributed by atoms with Crippen molar-refractivity contribution in [3.8, 4) is 0 Å². The van der Waals surface area contributed by atoms with Crippen molar-refractivity contribution in [2.75, 3.05) is 19.8 Å². The van der Waals surface area contributed by atoms with Crippen molar-refractivity contribution in [1.82, 2.24) is 5.32 Å². The van der Waals surface area contributed by atoms with Crippen LogP contribution in [0.15, 0.2) is 11.4 Å². The van der Waals surface area contributed by atoms with Gasteiger partial charge in [-0.1, -0.05) is 18.5 Å². The number of thiophene rings is 1. The summed E-state index contributed by atoms with van der Waals surface area (Å²) >= 11 is 7.85. The highest BCUT2D eigenvalue weighted by atomic mass is 35.5. The molecule has 0 aliphatic carbocycles. The molecule has 1 aromatic heterocycles. The third-order valence-corrected chi connectivity index (χ3v) is 3.92. The highest BCUT2D eigenvalue weighted by Crippen LogP contribution is 2.32. The van der Waals surface area contributed by atoms with Crippen LogP contribution in [-0.2, 0) is 9.47 Å². The summed E-state index contributed by atoms with van der Waals surface area (Å²) in [4.78, 5) is 1.08. The summed E-state index contributed by atoms with van der Waals surface area (Å²) in [5.74, 6) is 0. The van der Waals surface area contributed by atoms with E-state index in [4.69, 9.17) is 21.1 Å². The second-order valence-corrected chi connectivity index (χ2v) is 5.20. The molecule has 1 atom stereocenters. The van der Waals surface area contributed by atoms with E-state index in [-0.39, 0.29) is 12.3 Å². The number of halogens is 1. The van der Waals surface area contributed by atoms with E-state index in [1.807, 2.05) is 25.3 Å². The molecule has 1 heterocycles. The van der Waals surface area contributed by atoms with Crippen molar-refractivity contribution in [2.24, 2.45) is 0 Å². The van der Waals surface area contributed by atoms with Crippen LogP contribution >= 0.6 is 22.9 Å². The first-order valence-electron chi connectivity index (χ1n) is 6.44. The lowest BCUT2D eigenvalue weighted by molar-refractivity contribution is -0.154. The van der Waals surface area contributed by atoms with Gasteiger partial charge in [-0.3, -0.25) is 0 Å². The van der Waals surface area contributed by atoms with Gasteiger partial charge in [-0.25, -0.2) is 0 Å². The van der Waals surface area contributed by atoms with Gasteiger partial charge in [-0.15, -0.1) is 11.3 Å². The zero-order chi connectivity index (χ0) is 13.4. The molecule has 0 fully saturated rings. The van der Waals surface area contributed by atoms with E-state index >= 15 is 0 Å². The van der Waals surface area contributed by atoms with E-state index in [0.29, 0.717) is 13.2 Å². The summed E-state index contributed by atoms with van der Waals surface area (Å²) in [5, 5.41) is 6.23. The Morgan fingerprint density at radius 3 is 2.39 bits per heavy atom. The van der Waals surface area contributed by atoms with Crippen LogP contribution in [0.4, 0.5) is 0 Å². The molecule has 1 rings (SSSR count). The molecule has 0 saturated carbocycles. The van der Waals surface area contributed by atoms with Crippen LogP contribution in [0.3, 0.4) is 0 Å². The van der Waals surface area contributed by atoms with Crippen molar-refractivity contribution in [3.05, 3.63) is 21.3 Å². The van der Waals surface area contributed by atoms with Crippen molar-refractivity contribution in [1.29, 1.82) is 0 Å². The summed E-state index contributed by atoms with van der Waals surface area (Å²) in [6.07, 6.45) is 0.771. The highest BCUT2D eigenvalue weighted by molar-refractivity contribution is 7.10. The van der Waals surface area contributed by atoms with Gasteiger partial charge in [0.25, 0.3) is 0 Å². The SMILES string of the molecule is CCCNC(c1sccc1Cl)C(OCC)OCC. The molecular weight excluding hydrogens is 270 g/mol. The van der Waals surface area contributed by atoms with Crippen LogP contribution in [0.1, 0.15) is 38.1 Å². The summed E-state index contributed by atoms with van der Waals surface area (Å²) < 4.78 is 11.4. The summed E-state index contributed by atoms with van der Waals surface area (Å²) in [7, 11) is 0. The molecule has 1 aromatic rings. The van der Waals surface area contributed by atoms with Gasteiger partial charge in [-0.05, 0) is 38.3 Å². The predicted octanol–water partition coefficient (Wildman–Crippen LogP) is 3.84. The van der Waals surface area contributed by atoms with Gasteiger partial charge in [0.2, 0.25) is 0 Å². The number of hydrogen-bond acceptors (Lipinski definition) is 4. The first-order valence-corrected chi connectivity index (χ1v) is 7.69. The molecular formula is C13H22ClNO2S. The third kappa shape index (κ3) is 4.52. The lowest BCUT2D eigenvalue weighted by Gasteiger charge is -2.27. The Hall–Kier alpha value is -0.130. The van der Waals surface area contributed by atoms with Gasteiger partial charge < -0.3 is 14.8 Å². The number of rotatable bonds is 9. The van der Waals surface area contributed by atoms with E-state index in [2.05, 4.69) is 12.2 Å². The van der Waals surface area contributed by atoms with E-state index < -0.39 is 0 Å². The monoisotopic (exact) mass is 291 g/mol. The zero-order valence-corrected chi connectivity index (χ0v) is 12.8. The summed E-state index contributed by atoms with van der Waals surface area (Å²) in [5.41, 5.74) is 0. The van der Waals surface area contributed by atoms with Gasteiger partial charge in [0, 0.05) is 18.1 Å². The van der Waals surface area contributed by atoms with Gasteiger partial charge >= 0.3 is 0 Å². The average molecular weight is 292 g/mol. The molecule has 5 heteroatoms. The second kappa shape index (κ2) is 8.88. The van der Waals surface area contributed by atoms with Crippen LogP contribution in [0.5, 0.6) is 0 Å². The fourth-order valence-corrected chi connectivity index (χ4v) is 2.97. The van der Waals surface area contributed by atoms with Gasteiger partial charge in [0.15, 0.2) is 6.29 Å². The van der Waals surface area contributed by atoms with Crippen molar-refractivity contribution in [3.63, 3.8) is 0 Å². The van der Waals surface area contributed by atoms with E-state index in [9.17, 15) is 0 Å². The molecule has 18 heavy (non-hydrogen) atoms. The molecule has 0 saturated heterocycles. The number of hydrogen-bond donors (Lipinski definition) is 1. The minimum atomic E-state index is -0.289. The molecule has 3 nitrogen and oxygen atoms in total. The molecule has 1 unspecified atom stereocenters. The van der Waals surface area contributed by atoms with Crippen molar-refractivity contribution >= 4 is 22.9 Å². The van der Waals surface area contributed by atoms with E-state index in [1.165, 1.54) is 0 Å². The molecule has 0 aliphatic rings. The lowest BCUT2D eigenvalue weighted by atomic mass is 10.2. The Bertz CT molecular complexity index is 327. The van der Waals surface area contributed by atoms with Crippen LogP contribution in [0.2, 0.25) is 5.02 Å². The number of ether oxygens (including phenoxy) is 2. The zero-order valence-electron chi connectivity index (χ0n) is 11.2. The molecule has 0 aliphatic heterocycles. The maximum atomic E-state index is 6.22. The Labute approximate surface area is 118 Å². The van der Waals surface area contributed by atoms with Gasteiger partial charge in [-0.2, -0.15) is 0 Å². The Morgan fingerprint density at radius 1 is 1.28 bits per heavy atom. The summed E-state index contributed by atoms with van der Waals surface area (Å²) in [6, 6.07) is 1.91. The van der Waals surface area contributed by atoms with Crippen LogP contribution < -0.4 is 5.32 Å².